The van der Waals surface area contributed by atoms with Gasteiger partial charge in [0.15, 0.2) is 0 Å². The molecule has 0 saturated heterocycles. The molecule has 3 aromatic heterocycles. The van der Waals surface area contributed by atoms with Crippen molar-refractivity contribution >= 4 is 34.9 Å². The van der Waals surface area contributed by atoms with E-state index in [-0.39, 0.29) is 6.61 Å². The number of rotatable bonds is 8. The standard InChI is InChI=1S/C18H21BN4O4S2/c1-10(25)9-28-12-6-15(27-14-4-3-5-20-11(14)2)17(21-7-12)23-18-22-16(19-29-18)13(26)8-24/h3-7,10,13,24-26H,8-9H2,1-2H3,(H,21,22,23). The maximum absolute atomic E-state index is 9.74. The summed E-state index contributed by atoms with van der Waals surface area (Å²) in [5.74, 6) is 1.93. The molecule has 152 valence electrons. The molecule has 29 heavy (non-hydrogen) atoms. The van der Waals surface area contributed by atoms with Crippen LogP contribution in [0, 0.1) is 6.92 Å². The van der Waals surface area contributed by atoms with Gasteiger partial charge in [-0.1, -0.05) is 0 Å². The van der Waals surface area contributed by atoms with Crippen molar-refractivity contribution in [1.29, 1.82) is 0 Å². The van der Waals surface area contributed by atoms with Crippen LogP contribution in [0.5, 0.6) is 11.5 Å². The van der Waals surface area contributed by atoms with Crippen molar-refractivity contribution in [1.82, 2.24) is 15.0 Å². The Bertz CT molecular complexity index is 1020. The average Bonchev–Trinajstić information content (AvgIpc) is 3.17. The normalized spacial score (nSPS) is 13.9. The number of hydrogen-bond acceptors (Lipinski definition) is 9. The molecule has 2 unspecified atom stereocenters. The summed E-state index contributed by atoms with van der Waals surface area (Å²) in [6, 6.07) is 5.42. The van der Waals surface area contributed by atoms with Crippen LogP contribution < -0.4 is 9.54 Å². The number of nitrogens with one attached hydrogen (secondary N) is 1. The quantitative estimate of drug-likeness (QED) is 0.402. The molecule has 0 fully saturated rings. The van der Waals surface area contributed by atoms with Gasteiger partial charge in [0, 0.05) is 0 Å². The van der Waals surface area contributed by atoms with E-state index in [0.717, 1.165) is 10.6 Å². The Morgan fingerprint density at radius 1 is 1.34 bits per heavy atom. The fourth-order valence-electron chi connectivity index (χ4n) is 2.28. The van der Waals surface area contributed by atoms with Gasteiger partial charge >= 0.3 is 176 Å². The summed E-state index contributed by atoms with van der Waals surface area (Å²) in [4.78, 5) is 17.5. The van der Waals surface area contributed by atoms with Gasteiger partial charge in [0.1, 0.15) is 0 Å². The molecule has 0 spiro atoms. The molecule has 3 heterocycles. The Kier molecular flexibility index (Phi) is 7.56. The zero-order valence-electron chi connectivity index (χ0n) is 15.9. The van der Waals surface area contributed by atoms with E-state index in [1.54, 1.807) is 31.6 Å². The number of pyridine rings is 2. The Hall–Kier alpha value is -2.05. The SMILES string of the molecule is Cc1ncccc1Oc1cc(SCC(C)O)cnc1/N=c1/[nH]c(C(O)CO)bs1. The fourth-order valence-corrected chi connectivity index (χ4v) is 3.80. The molecule has 0 aliphatic rings. The van der Waals surface area contributed by atoms with Crippen LogP contribution in [0.4, 0.5) is 5.82 Å². The van der Waals surface area contributed by atoms with Crippen LogP contribution in [0.25, 0.3) is 0 Å². The monoisotopic (exact) mass is 432 g/mol. The summed E-state index contributed by atoms with van der Waals surface area (Å²) in [7, 11) is 0. The zero-order chi connectivity index (χ0) is 20.8. The van der Waals surface area contributed by atoms with E-state index in [1.807, 2.05) is 19.1 Å². The Labute approximate surface area is 176 Å². The number of nitrogens with zero attached hydrogens (tertiary/aromatic N) is 3. The summed E-state index contributed by atoms with van der Waals surface area (Å²) in [6.07, 6.45) is 3.63. The number of hydrogen-bond donors (Lipinski definition) is 4. The third-order valence-corrected chi connectivity index (χ3v) is 5.76. The van der Waals surface area contributed by atoms with Crippen LogP contribution in [0.2, 0.25) is 0 Å². The number of thioether (sulfide) groups is 1. The number of aromatic amines is 1. The van der Waals surface area contributed by atoms with Crippen LogP contribution in [0.3, 0.4) is 0 Å². The molecule has 0 aromatic carbocycles. The molecule has 0 aliphatic heterocycles. The van der Waals surface area contributed by atoms with Gasteiger partial charge in [-0.05, 0) is 0 Å². The minimum atomic E-state index is -0.990. The average molecular weight is 432 g/mol. The van der Waals surface area contributed by atoms with Gasteiger partial charge in [-0.2, -0.15) is 0 Å². The molecular formula is C18H21BN4O4S2. The van der Waals surface area contributed by atoms with E-state index in [9.17, 15) is 10.2 Å². The minimum absolute atomic E-state index is 0.359. The third-order valence-electron chi connectivity index (χ3n) is 3.77. The number of aryl methyl sites for hydroxylation is 1. The van der Waals surface area contributed by atoms with Crippen molar-refractivity contribution in [2.45, 2.75) is 31.0 Å². The first-order valence-corrected chi connectivity index (χ1v) is 10.7. The van der Waals surface area contributed by atoms with Crippen molar-refractivity contribution in [2.75, 3.05) is 12.4 Å². The van der Waals surface area contributed by atoms with Crippen LogP contribution in [0.15, 0.2) is 40.5 Å². The summed E-state index contributed by atoms with van der Waals surface area (Å²) >= 11 is 2.75. The molecule has 0 amide bonds. The van der Waals surface area contributed by atoms with E-state index < -0.39 is 12.2 Å². The van der Waals surface area contributed by atoms with Crippen LogP contribution in [-0.4, -0.2) is 54.9 Å². The van der Waals surface area contributed by atoms with E-state index in [2.05, 4.69) is 19.9 Å². The fraction of sp³-hybridized carbons (Fsp3) is 0.333. The molecular weight excluding hydrogens is 411 g/mol. The number of aliphatic hydroxyl groups is 3. The van der Waals surface area contributed by atoms with Crippen molar-refractivity contribution in [3.63, 3.8) is 0 Å². The molecule has 3 rings (SSSR count). The summed E-state index contributed by atoms with van der Waals surface area (Å²) in [5, 5.41) is 28.4. The molecule has 4 N–H and O–H groups in total. The summed E-state index contributed by atoms with van der Waals surface area (Å²) in [5.41, 5.74) is 1.21. The van der Waals surface area contributed by atoms with Crippen LogP contribution >= 0.6 is 22.9 Å². The first-order chi connectivity index (χ1) is 14.0. The van der Waals surface area contributed by atoms with Gasteiger partial charge in [0.2, 0.25) is 0 Å². The van der Waals surface area contributed by atoms with E-state index >= 15 is 0 Å². The molecule has 0 radical (unpaired) electrons. The van der Waals surface area contributed by atoms with Gasteiger partial charge in [0.25, 0.3) is 0 Å². The summed E-state index contributed by atoms with van der Waals surface area (Å²) in [6.45, 7) is 3.20. The second-order valence-electron chi connectivity index (χ2n) is 6.27. The summed E-state index contributed by atoms with van der Waals surface area (Å²) < 4.78 is 6.04. The van der Waals surface area contributed by atoms with E-state index in [1.165, 1.54) is 22.9 Å². The van der Waals surface area contributed by atoms with Gasteiger partial charge in [0.05, 0.1) is 0 Å². The molecule has 0 bridgehead atoms. The number of aromatic nitrogens is 3. The predicted octanol–water partition coefficient (Wildman–Crippen LogP) is 2.04. The van der Waals surface area contributed by atoms with Crippen LogP contribution in [-0.2, 0) is 0 Å². The second-order valence-corrected chi connectivity index (χ2v) is 8.22. The molecule has 11 heteroatoms. The zero-order valence-corrected chi connectivity index (χ0v) is 17.6. The van der Waals surface area contributed by atoms with E-state index in [0.29, 0.717) is 33.5 Å². The number of H-pyrrole nitrogens is 1. The molecule has 3 aromatic rings. The Morgan fingerprint density at radius 2 is 2.17 bits per heavy atom. The Balaban J connectivity index is 1.97. The first-order valence-electron chi connectivity index (χ1n) is 8.88. The van der Waals surface area contributed by atoms with Crippen molar-refractivity contribution in [3.8, 4) is 11.5 Å². The Morgan fingerprint density at radius 3 is 2.90 bits per heavy atom. The van der Waals surface area contributed by atoms with Gasteiger partial charge in [-0.15, -0.1) is 0 Å². The molecule has 2 atom stereocenters. The molecule has 8 nitrogen and oxygen atoms in total. The first kappa shape index (κ1) is 21.7. The molecule has 0 aliphatic carbocycles. The third kappa shape index (κ3) is 5.97. The topological polar surface area (TPSA) is 124 Å². The molecule has 0 saturated carbocycles. The number of ether oxygens (including phenoxy) is 1. The number of aliphatic hydroxyl groups excluding tert-OH is 3. The van der Waals surface area contributed by atoms with Crippen LogP contribution in [0.1, 0.15) is 24.3 Å². The van der Waals surface area contributed by atoms with Gasteiger partial charge < -0.3 is 0 Å². The van der Waals surface area contributed by atoms with Crippen molar-refractivity contribution in [3.05, 3.63) is 46.7 Å². The van der Waals surface area contributed by atoms with Crippen molar-refractivity contribution in [2.24, 2.45) is 4.99 Å². The predicted molar refractivity (Wildman–Crippen MR) is 113 cm³/mol. The van der Waals surface area contributed by atoms with Gasteiger partial charge in [-0.3, -0.25) is 0 Å². The maximum atomic E-state index is 9.74. The van der Waals surface area contributed by atoms with Gasteiger partial charge in [-0.25, -0.2) is 0 Å². The second kappa shape index (κ2) is 10.1. The van der Waals surface area contributed by atoms with E-state index in [4.69, 9.17) is 9.84 Å². The van der Waals surface area contributed by atoms with Crippen molar-refractivity contribution < 1.29 is 20.1 Å².